The molecular formula is C26H33N5O2. The van der Waals surface area contributed by atoms with E-state index < -0.39 is 0 Å². The predicted octanol–water partition coefficient (Wildman–Crippen LogP) is 4.67. The first-order chi connectivity index (χ1) is 15.9. The van der Waals surface area contributed by atoms with Crippen molar-refractivity contribution in [3.8, 4) is 5.75 Å². The normalized spacial score (nSPS) is 11.4. The lowest BCUT2D eigenvalue weighted by Gasteiger charge is -2.13. The second-order valence-corrected chi connectivity index (χ2v) is 7.85. The number of aryl methyl sites for hydroxylation is 3. The van der Waals surface area contributed by atoms with Gasteiger partial charge >= 0.3 is 0 Å². The number of aromatic nitrogens is 2. The van der Waals surface area contributed by atoms with E-state index in [1.165, 1.54) is 5.56 Å². The molecule has 0 aliphatic carbocycles. The molecule has 0 saturated heterocycles. The Morgan fingerprint density at radius 1 is 1.09 bits per heavy atom. The monoisotopic (exact) mass is 447 g/mol. The highest BCUT2D eigenvalue weighted by atomic mass is 16.5. The van der Waals surface area contributed by atoms with Gasteiger partial charge in [-0.2, -0.15) is 5.10 Å². The van der Waals surface area contributed by atoms with Crippen LogP contribution in [-0.2, 0) is 13.0 Å². The van der Waals surface area contributed by atoms with Gasteiger partial charge in [-0.25, -0.2) is 0 Å². The quantitative estimate of drug-likeness (QED) is 0.389. The average Bonchev–Trinajstić information content (AvgIpc) is 3.08. The lowest BCUT2D eigenvalue weighted by atomic mass is 10.1. The molecule has 0 aliphatic heterocycles. The molecule has 0 unspecified atom stereocenters. The van der Waals surface area contributed by atoms with E-state index in [-0.39, 0.29) is 5.91 Å². The zero-order valence-electron chi connectivity index (χ0n) is 20.1. The zero-order valence-corrected chi connectivity index (χ0v) is 20.1. The van der Waals surface area contributed by atoms with E-state index >= 15 is 0 Å². The van der Waals surface area contributed by atoms with Crippen molar-refractivity contribution in [3.63, 3.8) is 0 Å². The fourth-order valence-corrected chi connectivity index (χ4v) is 3.70. The lowest BCUT2D eigenvalue weighted by molar-refractivity contribution is 0.0977. The van der Waals surface area contributed by atoms with Crippen LogP contribution in [0.2, 0.25) is 0 Å². The number of anilines is 1. The first kappa shape index (κ1) is 24.0. The molecule has 0 saturated carbocycles. The standard InChI is InChI=1S/C26H33N5O2/c1-6-31-20(5)24(19(4)30-31)15-16-27-26(28-22-11-13-23(14-12-22)33-7-2)29-25(32)21-10-8-9-18(3)17-21/h8-14,17H,6-7,15-16H2,1-5H3,(H2,27,28,29,32). The number of hydrogen-bond acceptors (Lipinski definition) is 4. The van der Waals surface area contributed by atoms with Gasteiger partial charge in [0.25, 0.3) is 5.91 Å². The first-order valence-electron chi connectivity index (χ1n) is 11.4. The Bertz CT molecular complexity index is 1120. The predicted molar refractivity (Wildman–Crippen MR) is 133 cm³/mol. The number of carbonyl (C=O) groups excluding carboxylic acids is 1. The Kier molecular flexibility index (Phi) is 8.24. The molecule has 2 N–H and O–H groups in total. The van der Waals surface area contributed by atoms with Gasteiger partial charge in [-0.15, -0.1) is 0 Å². The van der Waals surface area contributed by atoms with Gasteiger partial charge < -0.3 is 10.1 Å². The Morgan fingerprint density at radius 3 is 2.48 bits per heavy atom. The fourth-order valence-electron chi connectivity index (χ4n) is 3.70. The number of hydrogen-bond donors (Lipinski definition) is 2. The highest BCUT2D eigenvalue weighted by Gasteiger charge is 2.12. The highest BCUT2D eigenvalue weighted by Crippen LogP contribution is 2.16. The highest BCUT2D eigenvalue weighted by molar-refractivity contribution is 6.10. The van der Waals surface area contributed by atoms with Crippen LogP contribution < -0.4 is 15.4 Å². The minimum absolute atomic E-state index is 0.206. The van der Waals surface area contributed by atoms with E-state index in [9.17, 15) is 4.79 Å². The molecule has 3 aromatic rings. The molecule has 7 heteroatoms. The van der Waals surface area contributed by atoms with E-state index in [2.05, 4.69) is 34.6 Å². The Hall–Kier alpha value is -3.61. The summed E-state index contributed by atoms with van der Waals surface area (Å²) in [4.78, 5) is 17.5. The zero-order chi connectivity index (χ0) is 23.8. The molecule has 0 atom stereocenters. The molecule has 7 nitrogen and oxygen atoms in total. The summed E-state index contributed by atoms with van der Waals surface area (Å²) in [6, 6.07) is 15.1. The van der Waals surface area contributed by atoms with Crippen molar-refractivity contribution >= 4 is 17.6 Å². The van der Waals surface area contributed by atoms with Gasteiger partial charge in [-0.3, -0.25) is 19.8 Å². The second kappa shape index (κ2) is 11.3. The van der Waals surface area contributed by atoms with E-state index in [4.69, 9.17) is 4.74 Å². The molecule has 0 spiro atoms. The summed E-state index contributed by atoms with van der Waals surface area (Å²) in [5, 5.41) is 10.8. The van der Waals surface area contributed by atoms with Crippen LogP contribution in [0.3, 0.4) is 0 Å². The number of nitrogens with one attached hydrogen (secondary N) is 2. The maximum atomic E-state index is 12.9. The molecule has 33 heavy (non-hydrogen) atoms. The molecule has 174 valence electrons. The fraction of sp³-hybridized carbons (Fsp3) is 0.346. The first-order valence-corrected chi connectivity index (χ1v) is 11.4. The van der Waals surface area contributed by atoms with Crippen molar-refractivity contribution in [2.45, 2.75) is 47.6 Å². The summed E-state index contributed by atoms with van der Waals surface area (Å²) in [6.07, 6.45) is 0.743. The van der Waals surface area contributed by atoms with Crippen LogP contribution in [-0.4, -0.2) is 34.8 Å². The third-order valence-electron chi connectivity index (χ3n) is 5.40. The minimum Gasteiger partial charge on any atom is -0.494 e. The van der Waals surface area contributed by atoms with Gasteiger partial charge in [-0.05, 0) is 83.0 Å². The van der Waals surface area contributed by atoms with Gasteiger partial charge in [0, 0.05) is 30.0 Å². The van der Waals surface area contributed by atoms with Crippen molar-refractivity contribution in [3.05, 3.63) is 76.6 Å². The summed E-state index contributed by atoms with van der Waals surface area (Å²) >= 11 is 0. The minimum atomic E-state index is -0.206. The molecule has 1 aromatic heterocycles. The number of ether oxygens (including phenoxy) is 1. The molecule has 2 aromatic carbocycles. The molecule has 1 amide bonds. The van der Waals surface area contributed by atoms with Gasteiger partial charge in [-0.1, -0.05) is 17.7 Å². The van der Waals surface area contributed by atoms with Gasteiger partial charge in [0.2, 0.25) is 5.96 Å². The maximum absolute atomic E-state index is 12.9. The number of rotatable bonds is 8. The van der Waals surface area contributed by atoms with E-state index in [0.29, 0.717) is 24.7 Å². The van der Waals surface area contributed by atoms with Gasteiger partial charge in [0.15, 0.2) is 0 Å². The van der Waals surface area contributed by atoms with Gasteiger partial charge in [0.05, 0.1) is 12.3 Å². The Labute approximate surface area is 195 Å². The van der Waals surface area contributed by atoms with Crippen LogP contribution in [0.5, 0.6) is 5.75 Å². The third kappa shape index (κ3) is 6.44. The smallest absolute Gasteiger partial charge is 0.257 e. The summed E-state index contributed by atoms with van der Waals surface area (Å²) in [6.45, 7) is 12.1. The molecule has 0 radical (unpaired) electrons. The molecule has 1 heterocycles. The van der Waals surface area contributed by atoms with E-state index in [0.717, 1.165) is 41.4 Å². The lowest BCUT2D eigenvalue weighted by Crippen LogP contribution is -2.36. The van der Waals surface area contributed by atoms with E-state index in [1.807, 2.05) is 67.9 Å². The molecular weight excluding hydrogens is 414 g/mol. The number of guanidine groups is 1. The number of aliphatic imine (C=N–C) groups is 1. The van der Waals surface area contributed by atoms with Crippen molar-refractivity contribution in [1.82, 2.24) is 15.1 Å². The van der Waals surface area contributed by atoms with Crippen LogP contribution in [0, 0.1) is 20.8 Å². The SMILES string of the molecule is CCOc1ccc(NC(=NCCc2c(C)nn(CC)c2C)NC(=O)c2cccc(C)c2)cc1. The molecule has 0 aliphatic rings. The summed E-state index contributed by atoms with van der Waals surface area (Å²) in [5.74, 6) is 0.995. The Balaban J connectivity index is 1.78. The third-order valence-corrected chi connectivity index (χ3v) is 5.40. The van der Waals surface area contributed by atoms with E-state index in [1.54, 1.807) is 6.07 Å². The van der Waals surface area contributed by atoms with Crippen LogP contribution >= 0.6 is 0 Å². The summed E-state index contributed by atoms with van der Waals surface area (Å²) < 4.78 is 7.52. The van der Waals surface area contributed by atoms with Crippen molar-refractivity contribution in [2.24, 2.45) is 4.99 Å². The Morgan fingerprint density at radius 2 is 1.85 bits per heavy atom. The number of amides is 1. The van der Waals surface area contributed by atoms with Crippen LogP contribution in [0.4, 0.5) is 5.69 Å². The average molecular weight is 448 g/mol. The number of carbonyl (C=O) groups is 1. The maximum Gasteiger partial charge on any atom is 0.257 e. The van der Waals surface area contributed by atoms with Gasteiger partial charge in [0.1, 0.15) is 5.75 Å². The van der Waals surface area contributed by atoms with Crippen molar-refractivity contribution in [1.29, 1.82) is 0 Å². The largest absolute Gasteiger partial charge is 0.494 e. The number of nitrogens with zero attached hydrogens (tertiary/aromatic N) is 3. The van der Waals surface area contributed by atoms with Crippen molar-refractivity contribution < 1.29 is 9.53 Å². The topological polar surface area (TPSA) is 80.5 Å². The van der Waals surface area contributed by atoms with Crippen molar-refractivity contribution in [2.75, 3.05) is 18.5 Å². The molecule has 0 fully saturated rings. The van der Waals surface area contributed by atoms with Crippen LogP contribution in [0.25, 0.3) is 0 Å². The number of benzene rings is 2. The summed E-state index contributed by atoms with van der Waals surface area (Å²) in [7, 11) is 0. The second-order valence-electron chi connectivity index (χ2n) is 7.85. The molecule has 3 rings (SSSR count). The molecule has 0 bridgehead atoms. The van der Waals surface area contributed by atoms with Crippen LogP contribution in [0.15, 0.2) is 53.5 Å². The van der Waals surface area contributed by atoms with Crippen LogP contribution in [0.1, 0.15) is 46.7 Å². The summed E-state index contributed by atoms with van der Waals surface area (Å²) in [5.41, 5.74) is 5.81.